The summed E-state index contributed by atoms with van der Waals surface area (Å²) in [4.78, 5) is 26.4. The average molecular weight is 385 g/mol. The van der Waals surface area contributed by atoms with E-state index in [1.54, 1.807) is 12.1 Å². The largest absolute Gasteiger partial charge is 0.496 e. The van der Waals surface area contributed by atoms with Crippen LogP contribution in [0.3, 0.4) is 0 Å². The molecule has 7 nitrogen and oxygen atoms in total. The maximum Gasteiger partial charge on any atom is 0.416 e. The van der Waals surface area contributed by atoms with Gasteiger partial charge in [0, 0.05) is 17.7 Å². The monoisotopic (exact) mass is 385 g/mol. The highest BCUT2D eigenvalue weighted by Crippen LogP contribution is 2.35. The lowest BCUT2D eigenvalue weighted by Gasteiger charge is -2.21. The van der Waals surface area contributed by atoms with Crippen LogP contribution in [0.1, 0.15) is 11.1 Å². The third-order valence-corrected chi connectivity index (χ3v) is 4.69. The second-order valence-electron chi connectivity index (χ2n) is 6.37. The van der Waals surface area contributed by atoms with Crippen molar-refractivity contribution >= 4 is 12.0 Å². The molecule has 3 rings (SSSR count). The smallest absolute Gasteiger partial charge is 0.416 e. The van der Waals surface area contributed by atoms with Gasteiger partial charge in [0.05, 0.1) is 33.8 Å². The van der Waals surface area contributed by atoms with Crippen LogP contribution in [0, 0.1) is 0 Å². The molecular formula is C21H23NO6. The van der Waals surface area contributed by atoms with Crippen molar-refractivity contribution in [2.24, 2.45) is 0 Å². The van der Waals surface area contributed by atoms with Crippen molar-refractivity contribution in [3.63, 3.8) is 0 Å². The van der Waals surface area contributed by atoms with Crippen LogP contribution in [0.2, 0.25) is 0 Å². The number of nitrogens with zero attached hydrogens (tertiary/aromatic N) is 1. The van der Waals surface area contributed by atoms with Crippen LogP contribution in [0.5, 0.6) is 17.2 Å². The molecule has 7 heteroatoms. The summed E-state index contributed by atoms with van der Waals surface area (Å²) in [5, 5.41) is 0. The van der Waals surface area contributed by atoms with E-state index in [9.17, 15) is 9.59 Å². The summed E-state index contributed by atoms with van der Waals surface area (Å²) in [6.45, 7) is 0.177. The molecule has 1 aliphatic heterocycles. The number of amides is 2. The predicted molar refractivity (Wildman–Crippen MR) is 102 cm³/mol. The molecule has 1 aliphatic rings. The molecule has 0 spiro atoms. The van der Waals surface area contributed by atoms with Crippen molar-refractivity contribution in [2.75, 3.05) is 27.9 Å². The molecule has 0 N–H and O–H groups in total. The zero-order chi connectivity index (χ0) is 20.1. The van der Waals surface area contributed by atoms with Gasteiger partial charge in [0.2, 0.25) is 5.91 Å². The van der Waals surface area contributed by atoms with Gasteiger partial charge in [-0.05, 0) is 12.0 Å². The van der Waals surface area contributed by atoms with Crippen molar-refractivity contribution in [1.82, 2.24) is 4.90 Å². The van der Waals surface area contributed by atoms with Gasteiger partial charge in [-0.3, -0.25) is 4.79 Å². The zero-order valence-corrected chi connectivity index (χ0v) is 16.1. The Morgan fingerprint density at radius 3 is 2.29 bits per heavy atom. The lowest BCUT2D eigenvalue weighted by molar-refractivity contribution is -0.128. The van der Waals surface area contributed by atoms with Gasteiger partial charge >= 0.3 is 6.09 Å². The molecule has 0 radical (unpaired) electrons. The quantitative estimate of drug-likeness (QED) is 0.730. The first-order valence-corrected chi connectivity index (χ1v) is 8.89. The fraction of sp³-hybridized carbons (Fsp3) is 0.333. The average Bonchev–Trinajstić information content (AvgIpc) is 3.08. The molecule has 0 aromatic heterocycles. The number of carbonyl (C=O) groups is 2. The number of imide groups is 1. The van der Waals surface area contributed by atoms with Crippen LogP contribution in [0.4, 0.5) is 4.79 Å². The van der Waals surface area contributed by atoms with Gasteiger partial charge in [-0.2, -0.15) is 0 Å². The van der Waals surface area contributed by atoms with E-state index in [1.807, 2.05) is 30.3 Å². The summed E-state index contributed by atoms with van der Waals surface area (Å²) >= 11 is 0. The number of benzene rings is 2. The third kappa shape index (κ3) is 4.03. The summed E-state index contributed by atoms with van der Waals surface area (Å²) < 4.78 is 21.2. The number of hydrogen-bond acceptors (Lipinski definition) is 6. The third-order valence-electron chi connectivity index (χ3n) is 4.69. The van der Waals surface area contributed by atoms with Crippen LogP contribution in [0.25, 0.3) is 0 Å². The van der Waals surface area contributed by atoms with Gasteiger partial charge in [-0.1, -0.05) is 30.3 Å². The number of hydrogen-bond donors (Lipinski definition) is 0. The highest BCUT2D eigenvalue weighted by atomic mass is 16.6. The normalized spacial score (nSPS) is 15.9. The summed E-state index contributed by atoms with van der Waals surface area (Å²) in [6, 6.07) is 12.7. The second kappa shape index (κ2) is 8.65. The van der Waals surface area contributed by atoms with Crippen molar-refractivity contribution in [3.8, 4) is 17.2 Å². The number of methoxy groups -OCH3 is 3. The second-order valence-corrected chi connectivity index (χ2v) is 6.37. The highest BCUT2D eigenvalue weighted by molar-refractivity contribution is 5.95. The lowest BCUT2D eigenvalue weighted by atomic mass is 10.0. The Labute approximate surface area is 163 Å². The van der Waals surface area contributed by atoms with Crippen LogP contribution >= 0.6 is 0 Å². The van der Waals surface area contributed by atoms with Crippen molar-refractivity contribution in [3.05, 3.63) is 53.6 Å². The summed E-state index contributed by atoms with van der Waals surface area (Å²) in [5.74, 6) is 1.09. The SMILES string of the molecule is COc1cc(OC)c(CC(=O)N2C(=O)OC[C@@H]2Cc2ccccc2)c(OC)c1. The molecule has 1 fully saturated rings. The first kappa shape index (κ1) is 19.5. The molecule has 2 amide bonds. The Balaban J connectivity index is 1.84. The first-order valence-electron chi connectivity index (χ1n) is 8.89. The topological polar surface area (TPSA) is 74.3 Å². The first-order chi connectivity index (χ1) is 13.6. The Morgan fingerprint density at radius 2 is 1.71 bits per heavy atom. The molecule has 0 bridgehead atoms. The molecular weight excluding hydrogens is 362 g/mol. The van der Waals surface area contributed by atoms with Crippen LogP contribution in [-0.4, -0.2) is 50.9 Å². The van der Waals surface area contributed by atoms with Crippen molar-refractivity contribution in [2.45, 2.75) is 18.9 Å². The minimum Gasteiger partial charge on any atom is -0.496 e. The summed E-state index contributed by atoms with van der Waals surface area (Å²) in [6.07, 6.45) is -0.149. The predicted octanol–water partition coefficient (Wildman–Crippen LogP) is 2.85. The minimum absolute atomic E-state index is 0.0588. The molecule has 28 heavy (non-hydrogen) atoms. The molecule has 0 unspecified atom stereocenters. The maximum atomic E-state index is 13.0. The fourth-order valence-corrected chi connectivity index (χ4v) is 3.29. The number of rotatable bonds is 7. The van der Waals surface area contributed by atoms with E-state index in [0.717, 1.165) is 5.56 Å². The lowest BCUT2D eigenvalue weighted by Crippen LogP contribution is -2.41. The number of cyclic esters (lactones) is 1. The van der Waals surface area contributed by atoms with Crippen LogP contribution < -0.4 is 14.2 Å². The highest BCUT2D eigenvalue weighted by Gasteiger charge is 2.38. The zero-order valence-electron chi connectivity index (χ0n) is 16.1. The van der Waals surface area contributed by atoms with Crippen LogP contribution in [-0.2, 0) is 22.4 Å². The standard InChI is InChI=1S/C21H23NO6/c1-25-16-10-18(26-2)17(19(11-16)27-3)12-20(23)22-15(13-28-21(22)24)9-14-7-5-4-6-8-14/h4-8,10-11,15H,9,12-13H2,1-3H3/t15-/m0/s1. The maximum absolute atomic E-state index is 13.0. The molecule has 148 valence electrons. The van der Waals surface area contributed by atoms with E-state index < -0.39 is 6.09 Å². The molecule has 2 aromatic rings. The van der Waals surface area contributed by atoms with E-state index in [2.05, 4.69) is 0 Å². The van der Waals surface area contributed by atoms with Gasteiger partial charge in [-0.15, -0.1) is 0 Å². The number of ether oxygens (including phenoxy) is 4. The molecule has 1 saturated heterocycles. The van der Waals surface area contributed by atoms with Crippen molar-refractivity contribution < 1.29 is 28.5 Å². The van der Waals surface area contributed by atoms with Crippen LogP contribution in [0.15, 0.2) is 42.5 Å². The van der Waals surface area contributed by atoms with E-state index in [0.29, 0.717) is 29.2 Å². The van der Waals surface area contributed by atoms with Gasteiger partial charge in [0.1, 0.15) is 23.9 Å². The Kier molecular flexibility index (Phi) is 6.03. The van der Waals surface area contributed by atoms with E-state index in [1.165, 1.54) is 26.2 Å². The molecule has 1 atom stereocenters. The van der Waals surface area contributed by atoms with Gasteiger partial charge in [0.15, 0.2) is 0 Å². The summed E-state index contributed by atoms with van der Waals surface area (Å²) in [7, 11) is 4.54. The molecule has 0 saturated carbocycles. The Bertz CT molecular complexity index is 826. The van der Waals surface area contributed by atoms with Gasteiger partial charge in [-0.25, -0.2) is 9.69 Å². The fourth-order valence-electron chi connectivity index (χ4n) is 3.29. The van der Waals surface area contributed by atoms with Crippen molar-refractivity contribution in [1.29, 1.82) is 0 Å². The molecule has 0 aliphatic carbocycles. The Hall–Kier alpha value is -3.22. The van der Waals surface area contributed by atoms with E-state index >= 15 is 0 Å². The molecule has 1 heterocycles. The minimum atomic E-state index is -0.627. The Morgan fingerprint density at radius 1 is 1.07 bits per heavy atom. The van der Waals surface area contributed by atoms with E-state index in [4.69, 9.17) is 18.9 Å². The van der Waals surface area contributed by atoms with E-state index in [-0.39, 0.29) is 25.0 Å². The number of carbonyl (C=O) groups excluding carboxylic acids is 2. The van der Waals surface area contributed by atoms with Gasteiger partial charge in [0.25, 0.3) is 0 Å². The molecule has 2 aromatic carbocycles. The summed E-state index contributed by atoms with van der Waals surface area (Å²) in [5.41, 5.74) is 1.58. The van der Waals surface area contributed by atoms with Gasteiger partial charge < -0.3 is 18.9 Å².